The smallest absolute Gasteiger partial charge is 0.282 e. The van der Waals surface area contributed by atoms with Crippen molar-refractivity contribution in [3.05, 3.63) is 69.8 Å². The van der Waals surface area contributed by atoms with E-state index in [4.69, 9.17) is 0 Å². The van der Waals surface area contributed by atoms with Crippen LogP contribution in [-0.2, 0) is 0 Å². The first kappa shape index (κ1) is 16.2. The summed E-state index contributed by atoms with van der Waals surface area (Å²) >= 11 is 0. The Hall–Kier alpha value is -3.22. The number of hydrogen-bond acceptors (Lipinski definition) is 5. The van der Waals surface area contributed by atoms with Crippen LogP contribution < -0.4 is 5.43 Å². The average molecular weight is 313 g/mol. The third-order valence-corrected chi connectivity index (χ3v) is 3.17. The van der Waals surface area contributed by atoms with E-state index in [1.165, 1.54) is 30.3 Å². The third kappa shape index (κ3) is 3.91. The molecule has 118 valence electrons. The Kier molecular flexibility index (Phi) is 5.03. The molecule has 0 fully saturated rings. The molecule has 0 aliphatic rings. The molecular formula is C16H15N3O4. The number of amides is 1. The van der Waals surface area contributed by atoms with Crippen molar-refractivity contribution in [2.75, 3.05) is 0 Å². The Morgan fingerprint density at radius 2 is 1.87 bits per heavy atom. The number of rotatable bonds is 5. The van der Waals surface area contributed by atoms with Crippen LogP contribution in [0.1, 0.15) is 29.3 Å². The van der Waals surface area contributed by atoms with Crippen molar-refractivity contribution in [1.82, 2.24) is 5.43 Å². The maximum atomic E-state index is 12.1. The Balaban J connectivity index is 2.22. The first-order valence-corrected chi connectivity index (χ1v) is 6.92. The number of nitro benzene ring substituents is 1. The first-order chi connectivity index (χ1) is 11.0. The normalized spacial score (nSPS) is 11.1. The molecule has 2 aromatic rings. The fourth-order valence-electron chi connectivity index (χ4n) is 2.00. The molecule has 2 N–H and O–H groups in total. The predicted octanol–water partition coefficient (Wildman–Crippen LogP) is 2.84. The van der Waals surface area contributed by atoms with Crippen LogP contribution in [0.2, 0.25) is 0 Å². The zero-order valence-electron chi connectivity index (χ0n) is 12.4. The summed E-state index contributed by atoms with van der Waals surface area (Å²) in [5, 5.41) is 24.3. The molecule has 0 saturated carbocycles. The van der Waals surface area contributed by atoms with E-state index < -0.39 is 10.8 Å². The van der Waals surface area contributed by atoms with Gasteiger partial charge in [-0.2, -0.15) is 5.10 Å². The maximum absolute atomic E-state index is 12.1. The largest absolute Gasteiger partial charge is 0.508 e. The highest BCUT2D eigenvalue weighted by Crippen LogP contribution is 2.17. The molecule has 23 heavy (non-hydrogen) atoms. The summed E-state index contributed by atoms with van der Waals surface area (Å²) < 4.78 is 0. The van der Waals surface area contributed by atoms with Crippen LogP contribution in [0.15, 0.2) is 53.6 Å². The van der Waals surface area contributed by atoms with Crippen LogP contribution in [0.3, 0.4) is 0 Å². The molecule has 2 rings (SSSR count). The number of aromatic hydroxyl groups is 1. The van der Waals surface area contributed by atoms with E-state index in [-0.39, 0.29) is 17.0 Å². The lowest BCUT2D eigenvalue weighted by molar-refractivity contribution is -0.385. The number of para-hydroxylation sites is 1. The minimum Gasteiger partial charge on any atom is -0.508 e. The van der Waals surface area contributed by atoms with Crippen molar-refractivity contribution in [2.45, 2.75) is 13.3 Å². The molecule has 7 nitrogen and oxygen atoms in total. The zero-order chi connectivity index (χ0) is 16.8. The molecule has 1 amide bonds. The van der Waals surface area contributed by atoms with Crippen molar-refractivity contribution in [3.63, 3.8) is 0 Å². The van der Waals surface area contributed by atoms with Crippen molar-refractivity contribution in [3.8, 4) is 5.75 Å². The van der Waals surface area contributed by atoms with Gasteiger partial charge in [0, 0.05) is 6.07 Å². The topological polar surface area (TPSA) is 105 Å². The van der Waals surface area contributed by atoms with Crippen molar-refractivity contribution in [1.29, 1.82) is 0 Å². The fraction of sp³-hybridized carbons (Fsp3) is 0.125. The van der Waals surface area contributed by atoms with Gasteiger partial charge in [0.1, 0.15) is 11.3 Å². The van der Waals surface area contributed by atoms with Crippen LogP contribution in [0.5, 0.6) is 5.75 Å². The quantitative estimate of drug-likeness (QED) is 0.503. The van der Waals surface area contributed by atoms with Gasteiger partial charge in [0.2, 0.25) is 0 Å². The fourth-order valence-corrected chi connectivity index (χ4v) is 2.00. The summed E-state index contributed by atoms with van der Waals surface area (Å²) in [5.41, 5.74) is 3.35. The highest BCUT2D eigenvalue weighted by atomic mass is 16.6. The summed E-state index contributed by atoms with van der Waals surface area (Å²) in [7, 11) is 0. The average Bonchev–Trinajstić information content (AvgIpc) is 2.56. The Bertz CT molecular complexity index is 754. The summed E-state index contributed by atoms with van der Waals surface area (Å²) in [6.45, 7) is 1.86. The number of phenolic OH excluding ortho intramolecular Hbond substituents is 1. The second kappa shape index (κ2) is 7.17. The maximum Gasteiger partial charge on any atom is 0.282 e. The Morgan fingerprint density at radius 3 is 2.48 bits per heavy atom. The number of carbonyl (C=O) groups excluding carboxylic acids is 1. The highest BCUT2D eigenvalue weighted by Gasteiger charge is 2.18. The van der Waals surface area contributed by atoms with Crippen LogP contribution >= 0.6 is 0 Å². The summed E-state index contributed by atoms with van der Waals surface area (Å²) in [6, 6.07) is 12.1. The number of nitrogens with zero attached hydrogens (tertiary/aromatic N) is 2. The predicted molar refractivity (Wildman–Crippen MR) is 85.5 cm³/mol. The number of hydrazone groups is 1. The van der Waals surface area contributed by atoms with E-state index in [9.17, 15) is 20.0 Å². The van der Waals surface area contributed by atoms with Gasteiger partial charge in [-0.05, 0) is 42.3 Å². The molecule has 7 heteroatoms. The second-order valence-corrected chi connectivity index (χ2v) is 4.67. The number of benzene rings is 2. The number of nitrogens with one attached hydrogen (secondary N) is 1. The van der Waals surface area contributed by atoms with Gasteiger partial charge >= 0.3 is 0 Å². The van der Waals surface area contributed by atoms with Crippen molar-refractivity contribution >= 4 is 17.3 Å². The van der Waals surface area contributed by atoms with E-state index in [0.29, 0.717) is 12.1 Å². The van der Waals surface area contributed by atoms with Gasteiger partial charge in [-0.3, -0.25) is 14.9 Å². The SMILES string of the molecule is CC/C(=N\NC(=O)c1ccccc1[N+](=O)[O-])c1ccc(O)cc1. The van der Waals surface area contributed by atoms with E-state index >= 15 is 0 Å². The van der Waals surface area contributed by atoms with Gasteiger partial charge in [-0.25, -0.2) is 5.43 Å². The van der Waals surface area contributed by atoms with Crippen molar-refractivity contribution in [2.24, 2.45) is 5.10 Å². The van der Waals surface area contributed by atoms with Crippen molar-refractivity contribution < 1.29 is 14.8 Å². The lowest BCUT2D eigenvalue weighted by Gasteiger charge is -2.06. The van der Waals surface area contributed by atoms with E-state index in [2.05, 4.69) is 10.5 Å². The van der Waals surface area contributed by atoms with Crippen LogP contribution in [-0.4, -0.2) is 21.6 Å². The number of carbonyl (C=O) groups is 1. The molecule has 0 saturated heterocycles. The van der Waals surface area contributed by atoms with Gasteiger partial charge in [-0.1, -0.05) is 19.1 Å². The molecule has 0 spiro atoms. The third-order valence-electron chi connectivity index (χ3n) is 3.17. The standard InChI is InChI=1S/C16H15N3O4/c1-2-14(11-7-9-12(20)10-8-11)17-18-16(21)13-5-3-4-6-15(13)19(22)23/h3-10,20H,2H2,1H3,(H,18,21)/b17-14+. The summed E-state index contributed by atoms with van der Waals surface area (Å²) in [4.78, 5) is 22.4. The molecule has 0 bridgehead atoms. The van der Waals surface area contributed by atoms with Gasteiger partial charge in [0.05, 0.1) is 10.6 Å². The van der Waals surface area contributed by atoms with Gasteiger partial charge < -0.3 is 5.11 Å². The van der Waals surface area contributed by atoms with Crippen LogP contribution in [0.25, 0.3) is 0 Å². The first-order valence-electron chi connectivity index (χ1n) is 6.92. The lowest BCUT2D eigenvalue weighted by Crippen LogP contribution is -2.21. The Labute approximate surface area is 132 Å². The monoisotopic (exact) mass is 313 g/mol. The summed E-state index contributed by atoms with van der Waals surface area (Å²) in [5.74, 6) is -0.518. The summed E-state index contributed by atoms with van der Waals surface area (Å²) in [6.07, 6.45) is 0.544. The number of phenols is 1. The molecular weight excluding hydrogens is 298 g/mol. The Morgan fingerprint density at radius 1 is 1.22 bits per heavy atom. The molecule has 0 atom stereocenters. The molecule has 0 heterocycles. The molecule has 0 aromatic heterocycles. The molecule has 0 radical (unpaired) electrons. The zero-order valence-corrected chi connectivity index (χ0v) is 12.4. The second-order valence-electron chi connectivity index (χ2n) is 4.67. The van der Waals surface area contributed by atoms with Gasteiger partial charge in [-0.15, -0.1) is 0 Å². The van der Waals surface area contributed by atoms with Gasteiger partial charge in [0.25, 0.3) is 11.6 Å². The van der Waals surface area contributed by atoms with E-state index in [1.54, 1.807) is 18.2 Å². The highest BCUT2D eigenvalue weighted by molar-refractivity contribution is 6.03. The molecule has 0 aliphatic heterocycles. The number of hydrogen-bond donors (Lipinski definition) is 2. The lowest BCUT2D eigenvalue weighted by atomic mass is 10.1. The van der Waals surface area contributed by atoms with E-state index in [1.807, 2.05) is 6.92 Å². The molecule has 0 unspecified atom stereocenters. The van der Waals surface area contributed by atoms with E-state index in [0.717, 1.165) is 5.56 Å². The minimum atomic E-state index is -0.651. The molecule has 0 aliphatic carbocycles. The minimum absolute atomic E-state index is 0.0533. The van der Waals surface area contributed by atoms with Gasteiger partial charge in [0.15, 0.2) is 0 Å². The molecule has 2 aromatic carbocycles. The number of nitro groups is 1. The van der Waals surface area contributed by atoms with Crippen LogP contribution in [0, 0.1) is 10.1 Å². The van der Waals surface area contributed by atoms with Crippen LogP contribution in [0.4, 0.5) is 5.69 Å².